The standard InChI is InChI=1S/C18H20N2O/c1-2-14-9-11-16(12-10-14)19-18(21)20-13-5-7-15-6-3-4-8-17(15)20/h3-4,6,8-12H,2,5,7,13H2,1H3,(H,19,21). The summed E-state index contributed by atoms with van der Waals surface area (Å²) < 4.78 is 0. The number of nitrogens with zero attached hydrogens (tertiary/aromatic N) is 1. The highest BCUT2D eigenvalue weighted by atomic mass is 16.2. The number of fused-ring (bicyclic) bond motifs is 1. The van der Waals surface area contributed by atoms with Crippen LogP contribution in [0.1, 0.15) is 24.5 Å². The van der Waals surface area contributed by atoms with Gasteiger partial charge >= 0.3 is 6.03 Å². The Balaban J connectivity index is 1.76. The summed E-state index contributed by atoms with van der Waals surface area (Å²) in [6, 6.07) is 16.1. The van der Waals surface area contributed by atoms with Gasteiger partial charge in [0.05, 0.1) is 0 Å². The fourth-order valence-corrected chi connectivity index (χ4v) is 2.76. The molecular weight excluding hydrogens is 260 g/mol. The molecule has 1 aliphatic heterocycles. The van der Waals surface area contributed by atoms with Crippen LogP contribution >= 0.6 is 0 Å². The van der Waals surface area contributed by atoms with Gasteiger partial charge in [-0.15, -0.1) is 0 Å². The Kier molecular flexibility index (Phi) is 3.91. The summed E-state index contributed by atoms with van der Waals surface area (Å²) in [4.78, 5) is 14.3. The first-order valence-electron chi connectivity index (χ1n) is 7.53. The number of rotatable bonds is 2. The molecule has 0 spiro atoms. The molecule has 0 aromatic heterocycles. The number of hydrogen-bond donors (Lipinski definition) is 1. The first kappa shape index (κ1) is 13.7. The minimum absolute atomic E-state index is 0.0496. The van der Waals surface area contributed by atoms with Crippen molar-refractivity contribution in [2.45, 2.75) is 26.2 Å². The van der Waals surface area contributed by atoms with E-state index in [2.05, 4.69) is 30.4 Å². The molecule has 0 saturated carbocycles. The molecule has 1 heterocycles. The van der Waals surface area contributed by atoms with Crippen molar-refractivity contribution in [1.82, 2.24) is 0 Å². The average molecular weight is 280 g/mol. The predicted octanol–water partition coefficient (Wildman–Crippen LogP) is 4.23. The first-order valence-corrected chi connectivity index (χ1v) is 7.53. The molecule has 21 heavy (non-hydrogen) atoms. The number of amides is 2. The molecule has 3 rings (SSSR count). The van der Waals surface area contributed by atoms with Gasteiger partial charge in [-0.2, -0.15) is 0 Å². The molecule has 1 N–H and O–H groups in total. The first-order chi connectivity index (χ1) is 10.3. The van der Waals surface area contributed by atoms with E-state index in [0.29, 0.717) is 0 Å². The van der Waals surface area contributed by atoms with Crippen molar-refractivity contribution in [3.63, 3.8) is 0 Å². The lowest BCUT2D eigenvalue weighted by molar-refractivity contribution is 0.256. The molecule has 2 aromatic rings. The van der Waals surface area contributed by atoms with Gasteiger partial charge in [-0.05, 0) is 48.6 Å². The molecule has 1 aliphatic rings. The topological polar surface area (TPSA) is 32.3 Å². The molecule has 0 fully saturated rings. The Morgan fingerprint density at radius 3 is 2.67 bits per heavy atom. The van der Waals surface area contributed by atoms with Gasteiger partial charge in [-0.25, -0.2) is 4.79 Å². The summed E-state index contributed by atoms with van der Waals surface area (Å²) in [6.45, 7) is 2.90. The minimum Gasteiger partial charge on any atom is -0.308 e. The Morgan fingerprint density at radius 2 is 1.90 bits per heavy atom. The SMILES string of the molecule is CCc1ccc(NC(=O)N2CCCc3ccccc32)cc1. The second-order valence-electron chi connectivity index (χ2n) is 5.36. The smallest absolute Gasteiger partial charge is 0.308 e. The largest absolute Gasteiger partial charge is 0.326 e. The van der Waals surface area contributed by atoms with Crippen LogP contribution in [0.3, 0.4) is 0 Å². The third-order valence-electron chi connectivity index (χ3n) is 3.97. The van der Waals surface area contributed by atoms with Gasteiger partial charge in [0.2, 0.25) is 0 Å². The van der Waals surface area contributed by atoms with Crippen LogP contribution in [0.5, 0.6) is 0 Å². The van der Waals surface area contributed by atoms with E-state index in [1.165, 1.54) is 11.1 Å². The number of anilines is 2. The lowest BCUT2D eigenvalue weighted by atomic mass is 10.0. The van der Waals surface area contributed by atoms with Crippen LogP contribution in [0.15, 0.2) is 48.5 Å². The average Bonchev–Trinajstić information content (AvgIpc) is 2.55. The van der Waals surface area contributed by atoms with E-state index in [1.54, 1.807) is 0 Å². The number of aryl methyl sites for hydroxylation is 2. The molecule has 108 valence electrons. The van der Waals surface area contributed by atoms with Crippen LogP contribution in [0.4, 0.5) is 16.2 Å². The van der Waals surface area contributed by atoms with Gasteiger partial charge in [0.15, 0.2) is 0 Å². The Hall–Kier alpha value is -2.29. The van der Waals surface area contributed by atoms with Gasteiger partial charge in [0, 0.05) is 17.9 Å². The second-order valence-corrected chi connectivity index (χ2v) is 5.36. The number of hydrogen-bond acceptors (Lipinski definition) is 1. The zero-order valence-electron chi connectivity index (χ0n) is 12.3. The zero-order valence-corrected chi connectivity index (χ0v) is 12.3. The molecule has 2 aromatic carbocycles. The van der Waals surface area contributed by atoms with Gasteiger partial charge in [0.1, 0.15) is 0 Å². The van der Waals surface area contributed by atoms with Crippen LogP contribution in [0.2, 0.25) is 0 Å². The van der Waals surface area contributed by atoms with E-state index in [-0.39, 0.29) is 6.03 Å². The van der Waals surface area contributed by atoms with E-state index in [9.17, 15) is 4.79 Å². The lowest BCUT2D eigenvalue weighted by Gasteiger charge is -2.29. The maximum Gasteiger partial charge on any atom is 0.326 e. The maximum absolute atomic E-state index is 12.5. The number of nitrogens with one attached hydrogen (secondary N) is 1. The van der Waals surface area contributed by atoms with Crippen molar-refractivity contribution in [2.75, 3.05) is 16.8 Å². The van der Waals surface area contributed by atoms with E-state index < -0.39 is 0 Å². The van der Waals surface area contributed by atoms with Crippen LogP contribution in [0, 0.1) is 0 Å². The highest BCUT2D eigenvalue weighted by molar-refractivity contribution is 6.02. The summed E-state index contributed by atoms with van der Waals surface area (Å²) in [5.41, 5.74) is 4.41. The third kappa shape index (κ3) is 2.92. The Labute approximate surface area is 125 Å². The van der Waals surface area contributed by atoms with Gasteiger partial charge in [-0.1, -0.05) is 37.3 Å². The summed E-state index contributed by atoms with van der Waals surface area (Å²) in [5.74, 6) is 0. The fourth-order valence-electron chi connectivity index (χ4n) is 2.76. The third-order valence-corrected chi connectivity index (χ3v) is 3.97. The maximum atomic E-state index is 12.5. The molecule has 0 saturated heterocycles. The molecule has 0 atom stereocenters. The molecule has 2 amide bonds. The van der Waals surface area contributed by atoms with E-state index in [4.69, 9.17) is 0 Å². The van der Waals surface area contributed by atoms with Crippen LogP contribution in [0.25, 0.3) is 0 Å². The molecule has 0 unspecified atom stereocenters. The van der Waals surface area contributed by atoms with Crippen molar-refractivity contribution in [3.05, 3.63) is 59.7 Å². The molecule has 3 heteroatoms. The summed E-state index contributed by atoms with van der Waals surface area (Å²) in [7, 11) is 0. The number of para-hydroxylation sites is 1. The molecule has 0 radical (unpaired) electrons. The van der Waals surface area contributed by atoms with Crippen molar-refractivity contribution in [1.29, 1.82) is 0 Å². The monoisotopic (exact) mass is 280 g/mol. The lowest BCUT2D eigenvalue weighted by Crippen LogP contribution is -2.38. The number of urea groups is 1. The number of carbonyl (C=O) groups excluding carboxylic acids is 1. The normalized spacial score (nSPS) is 13.7. The number of carbonyl (C=O) groups is 1. The van der Waals surface area contributed by atoms with Crippen molar-refractivity contribution >= 4 is 17.4 Å². The quantitative estimate of drug-likeness (QED) is 0.877. The summed E-state index contributed by atoms with van der Waals surface area (Å²) in [6.07, 6.45) is 3.07. The van der Waals surface area contributed by atoms with Crippen molar-refractivity contribution in [2.24, 2.45) is 0 Å². The van der Waals surface area contributed by atoms with Gasteiger partial charge in [0.25, 0.3) is 0 Å². The summed E-state index contributed by atoms with van der Waals surface area (Å²) >= 11 is 0. The Morgan fingerprint density at radius 1 is 1.14 bits per heavy atom. The van der Waals surface area contributed by atoms with Gasteiger partial charge < -0.3 is 5.32 Å². The van der Waals surface area contributed by atoms with E-state index in [0.717, 1.165) is 37.2 Å². The molecule has 0 aliphatic carbocycles. The number of benzene rings is 2. The molecule has 3 nitrogen and oxygen atoms in total. The highest BCUT2D eigenvalue weighted by Gasteiger charge is 2.21. The minimum atomic E-state index is -0.0496. The van der Waals surface area contributed by atoms with Crippen LogP contribution in [-0.2, 0) is 12.8 Å². The van der Waals surface area contributed by atoms with E-state index in [1.807, 2.05) is 35.2 Å². The highest BCUT2D eigenvalue weighted by Crippen LogP contribution is 2.27. The van der Waals surface area contributed by atoms with Crippen LogP contribution < -0.4 is 10.2 Å². The van der Waals surface area contributed by atoms with Crippen molar-refractivity contribution in [3.8, 4) is 0 Å². The second kappa shape index (κ2) is 6.00. The van der Waals surface area contributed by atoms with E-state index >= 15 is 0 Å². The Bertz CT molecular complexity index is 634. The summed E-state index contributed by atoms with van der Waals surface area (Å²) in [5, 5.41) is 2.99. The van der Waals surface area contributed by atoms with Gasteiger partial charge in [-0.3, -0.25) is 4.90 Å². The van der Waals surface area contributed by atoms with Crippen molar-refractivity contribution < 1.29 is 4.79 Å². The fraction of sp³-hybridized carbons (Fsp3) is 0.278. The predicted molar refractivity (Wildman–Crippen MR) is 86.9 cm³/mol. The zero-order chi connectivity index (χ0) is 14.7. The van der Waals surface area contributed by atoms with Crippen LogP contribution in [-0.4, -0.2) is 12.6 Å². The molecule has 0 bridgehead atoms. The molecular formula is C18H20N2O.